The SMILES string of the molecule is N#CN=CNCc1ccccc1. The number of aliphatic imine (C=N–C) groups is 1. The summed E-state index contributed by atoms with van der Waals surface area (Å²) in [5, 5.41) is 11.0. The molecule has 0 unspecified atom stereocenters. The standard InChI is InChI=1S/C9H9N3/c10-7-12-8-11-6-9-4-2-1-3-5-9/h1-5,8H,6H2,(H,11,12). The summed E-state index contributed by atoms with van der Waals surface area (Å²) in [5.74, 6) is 0. The Hall–Kier alpha value is -1.82. The third kappa shape index (κ3) is 2.84. The molecule has 0 bridgehead atoms. The summed E-state index contributed by atoms with van der Waals surface area (Å²) in [4.78, 5) is 3.36. The van der Waals surface area contributed by atoms with E-state index in [-0.39, 0.29) is 0 Å². The number of rotatable bonds is 3. The Balaban J connectivity index is 2.35. The maximum absolute atomic E-state index is 8.08. The van der Waals surface area contributed by atoms with Crippen molar-refractivity contribution in [2.45, 2.75) is 6.54 Å². The highest BCUT2D eigenvalue weighted by Gasteiger charge is 1.85. The van der Waals surface area contributed by atoms with E-state index in [1.165, 1.54) is 11.9 Å². The molecule has 0 saturated carbocycles. The lowest BCUT2D eigenvalue weighted by Crippen LogP contribution is -2.09. The summed E-state index contributed by atoms with van der Waals surface area (Å²) in [5.41, 5.74) is 1.17. The molecule has 0 fully saturated rings. The molecule has 0 amide bonds. The van der Waals surface area contributed by atoms with Crippen molar-refractivity contribution in [2.24, 2.45) is 4.99 Å². The minimum atomic E-state index is 0.700. The lowest BCUT2D eigenvalue weighted by Gasteiger charge is -1.97. The Morgan fingerprint density at radius 3 is 2.83 bits per heavy atom. The lowest BCUT2D eigenvalue weighted by atomic mass is 10.2. The second-order valence-electron chi connectivity index (χ2n) is 2.22. The number of nitrogens with zero attached hydrogens (tertiary/aromatic N) is 2. The first-order chi connectivity index (χ1) is 5.93. The van der Waals surface area contributed by atoms with Crippen LogP contribution in [0.25, 0.3) is 0 Å². The maximum Gasteiger partial charge on any atom is 0.207 e. The third-order valence-electron chi connectivity index (χ3n) is 1.36. The van der Waals surface area contributed by atoms with Gasteiger partial charge in [0.2, 0.25) is 6.19 Å². The minimum absolute atomic E-state index is 0.700. The normalized spacial score (nSPS) is 9.58. The van der Waals surface area contributed by atoms with Crippen LogP contribution in [0.3, 0.4) is 0 Å². The van der Waals surface area contributed by atoms with E-state index in [1.807, 2.05) is 30.3 Å². The van der Waals surface area contributed by atoms with Gasteiger partial charge in [-0.3, -0.25) is 0 Å². The van der Waals surface area contributed by atoms with Crippen LogP contribution in [0.4, 0.5) is 0 Å². The van der Waals surface area contributed by atoms with Gasteiger partial charge in [-0.2, -0.15) is 10.3 Å². The highest BCUT2D eigenvalue weighted by atomic mass is 14.9. The van der Waals surface area contributed by atoms with Crippen molar-refractivity contribution in [2.75, 3.05) is 0 Å². The molecule has 0 aromatic heterocycles. The summed E-state index contributed by atoms with van der Waals surface area (Å²) in [6.07, 6.45) is 3.06. The quantitative estimate of drug-likeness (QED) is 0.410. The molecule has 1 aromatic rings. The first-order valence-corrected chi connectivity index (χ1v) is 3.61. The number of hydrogen-bond acceptors (Lipinski definition) is 2. The molecular weight excluding hydrogens is 150 g/mol. The van der Waals surface area contributed by atoms with Gasteiger partial charge in [-0.15, -0.1) is 0 Å². The molecule has 3 nitrogen and oxygen atoms in total. The van der Waals surface area contributed by atoms with Crippen molar-refractivity contribution in [3.05, 3.63) is 35.9 Å². The Bertz CT molecular complexity index is 284. The number of nitriles is 1. The molecule has 0 saturated heterocycles. The van der Waals surface area contributed by atoms with Crippen molar-refractivity contribution >= 4 is 6.34 Å². The van der Waals surface area contributed by atoms with E-state index in [0.29, 0.717) is 6.54 Å². The summed E-state index contributed by atoms with van der Waals surface area (Å²) >= 11 is 0. The zero-order chi connectivity index (χ0) is 8.65. The molecule has 0 aliphatic rings. The van der Waals surface area contributed by atoms with Crippen molar-refractivity contribution in [1.82, 2.24) is 5.32 Å². The molecule has 12 heavy (non-hydrogen) atoms. The Kier molecular flexibility index (Phi) is 3.39. The van der Waals surface area contributed by atoms with Crippen molar-refractivity contribution < 1.29 is 0 Å². The van der Waals surface area contributed by atoms with E-state index in [0.717, 1.165) is 0 Å². The van der Waals surface area contributed by atoms with Gasteiger partial charge in [0.25, 0.3) is 0 Å². The fourth-order valence-electron chi connectivity index (χ4n) is 0.834. The van der Waals surface area contributed by atoms with Gasteiger partial charge in [-0.25, -0.2) is 0 Å². The molecule has 0 aliphatic heterocycles. The zero-order valence-electron chi connectivity index (χ0n) is 6.57. The fraction of sp³-hybridized carbons (Fsp3) is 0.111. The molecule has 1 rings (SSSR count). The van der Waals surface area contributed by atoms with Gasteiger partial charge in [0.05, 0.1) is 0 Å². The Labute approximate surface area is 71.4 Å². The van der Waals surface area contributed by atoms with E-state index in [1.54, 1.807) is 6.19 Å². The molecule has 0 aliphatic carbocycles. The molecule has 0 radical (unpaired) electrons. The van der Waals surface area contributed by atoms with Crippen LogP contribution in [0.15, 0.2) is 35.3 Å². The minimum Gasteiger partial charge on any atom is -0.371 e. The Morgan fingerprint density at radius 1 is 1.42 bits per heavy atom. The summed E-state index contributed by atoms with van der Waals surface area (Å²) in [6, 6.07) is 9.92. The maximum atomic E-state index is 8.08. The van der Waals surface area contributed by atoms with Crippen LogP contribution in [-0.4, -0.2) is 6.34 Å². The van der Waals surface area contributed by atoms with Crippen LogP contribution in [0, 0.1) is 11.5 Å². The summed E-state index contributed by atoms with van der Waals surface area (Å²) < 4.78 is 0. The van der Waals surface area contributed by atoms with Gasteiger partial charge in [0, 0.05) is 6.54 Å². The summed E-state index contributed by atoms with van der Waals surface area (Å²) in [6.45, 7) is 0.700. The van der Waals surface area contributed by atoms with E-state index < -0.39 is 0 Å². The molecule has 1 N–H and O–H groups in total. The topological polar surface area (TPSA) is 48.2 Å². The average Bonchev–Trinajstić information content (AvgIpc) is 2.14. The van der Waals surface area contributed by atoms with Gasteiger partial charge in [0.15, 0.2) is 0 Å². The van der Waals surface area contributed by atoms with Gasteiger partial charge in [-0.1, -0.05) is 30.3 Å². The highest BCUT2D eigenvalue weighted by molar-refractivity contribution is 5.55. The van der Waals surface area contributed by atoms with Gasteiger partial charge in [0.1, 0.15) is 6.34 Å². The predicted octanol–water partition coefficient (Wildman–Crippen LogP) is 1.29. The van der Waals surface area contributed by atoms with E-state index >= 15 is 0 Å². The number of hydrogen-bond donors (Lipinski definition) is 1. The number of benzene rings is 1. The number of nitrogens with one attached hydrogen (secondary N) is 1. The van der Waals surface area contributed by atoms with Crippen molar-refractivity contribution in [1.29, 1.82) is 5.26 Å². The van der Waals surface area contributed by atoms with Crippen LogP contribution < -0.4 is 5.32 Å². The van der Waals surface area contributed by atoms with Gasteiger partial charge >= 0.3 is 0 Å². The third-order valence-corrected chi connectivity index (χ3v) is 1.36. The first-order valence-electron chi connectivity index (χ1n) is 3.61. The van der Waals surface area contributed by atoms with Crippen LogP contribution in [-0.2, 0) is 6.54 Å². The Morgan fingerprint density at radius 2 is 2.17 bits per heavy atom. The van der Waals surface area contributed by atoms with E-state index in [2.05, 4.69) is 10.3 Å². The van der Waals surface area contributed by atoms with Crippen LogP contribution in [0.1, 0.15) is 5.56 Å². The molecule has 60 valence electrons. The van der Waals surface area contributed by atoms with E-state index in [4.69, 9.17) is 5.26 Å². The monoisotopic (exact) mass is 159 g/mol. The first kappa shape index (κ1) is 8.28. The molecule has 0 atom stereocenters. The molecule has 0 spiro atoms. The van der Waals surface area contributed by atoms with Gasteiger partial charge in [-0.05, 0) is 5.56 Å². The zero-order valence-corrected chi connectivity index (χ0v) is 6.57. The highest BCUT2D eigenvalue weighted by Crippen LogP contribution is 1.95. The average molecular weight is 159 g/mol. The van der Waals surface area contributed by atoms with Crippen molar-refractivity contribution in [3.8, 4) is 6.19 Å². The largest absolute Gasteiger partial charge is 0.371 e. The predicted molar refractivity (Wildman–Crippen MR) is 47.4 cm³/mol. The fourth-order valence-corrected chi connectivity index (χ4v) is 0.834. The van der Waals surface area contributed by atoms with Crippen LogP contribution in [0.2, 0.25) is 0 Å². The van der Waals surface area contributed by atoms with Crippen LogP contribution in [0.5, 0.6) is 0 Å². The molecule has 3 heteroatoms. The second-order valence-corrected chi connectivity index (χ2v) is 2.22. The molecule has 0 heterocycles. The van der Waals surface area contributed by atoms with Gasteiger partial charge < -0.3 is 5.32 Å². The second kappa shape index (κ2) is 4.91. The van der Waals surface area contributed by atoms with Crippen molar-refractivity contribution in [3.63, 3.8) is 0 Å². The molecular formula is C9H9N3. The smallest absolute Gasteiger partial charge is 0.207 e. The lowest BCUT2D eigenvalue weighted by molar-refractivity contribution is 0.933. The van der Waals surface area contributed by atoms with Crippen LogP contribution >= 0.6 is 0 Å². The summed E-state index contributed by atoms with van der Waals surface area (Å²) in [7, 11) is 0. The molecule has 1 aromatic carbocycles. The van der Waals surface area contributed by atoms with E-state index in [9.17, 15) is 0 Å².